The highest BCUT2D eigenvalue weighted by Gasteiger charge is 2.24. The minimum Gasteiger partial charge on any atom is -0.481 e. The maximum atomic E-state index is 10.7. The van der Waals surface area contributed by atoms with Crippen LogP contribution >= 0.6 is 11.3 Å². The summed E-state index contributed by atoms with van der Waals surface area (Å²) in [4.78, 5) is 15.0. The average molecular weight is 224 g/mol. The van der Waals surface area contributed by atoms with Crippen LogP contribution in [0.2, 0.25) is 0 Å². The van der Waals surface area contributed by atoms with E-state index in [-0.39, 0.29) is 12.0 Å². The molecule has 0 spiro atoms. The monoisotopic (exact) mass is 224 g/mol. The van der Waals surface area contributed by atoms with Crippen molar-refractivity contribution in [2.75, 3.05) is 5.32 Å². The molecule has 1 heterocycles. The van der Waals surface area contributed by atoms with Crippen molar-refractivity contribution in [1.82, 2.24) is 4.98 Å². The fraction of sp³-hybridized carbons (Fsp3) is 0.400. The van der Waals surface area contributed by atoms with Gasteiger partial charge < -0.3 is 10.4 Å². The summed E-state index contributed by atoms with van der Waals surface area (Å²) < 4.78 is 0. The van der Waals surface area contributed by atoms with E-state index in [1.165, 1.54) is 0 Å². The smallest absolute Gasteiger partial charge is 0.310 e. The highest BCUT2D eigenvalue weighted by atomic mass is 32.1. The summed E-state index contributed by atoms with van der Waals surface area (Å²) in [5, 5.41) is 14.8. The van der Waals surface area contributed by atoms with Gasteiger partial charge in [0.25, 0.3) is 0 Å². The number of anilines is 1. The van der Waals surface area contributed by atoms with Crippen LogP contribution in [0.1, 0.15) is 12.1 Å². The number of carboxylic acid groups (broad SMARTS) is 1. The van der Waals surface area contributed by atoms with E-state index in [4.69, 9.17) is 5.11 Å². The summed E-state index contributed by atoms with van der Waals surface area (Å²) in [6.45, 7) is 1.94. The first-order chi connectivity index (χ1) is 7.15. The third kappa shape index (κ3) is 2.36. The van der Waals surface area contributed by atoms with Crippen molar-refractivity contribution in [2.24, 2.45) is 5.92 Å². The number of aryl methyl sites for hydroxylation is 1. The zero-order valence-electron chi connectivity index (χ0n) is 8.30. The van der Waals surface area contributed by atoms with Gasteiger partial charge in [-0.1, -0.05) is 12.2 Å². The van der Waals surface area contributed by atoms with Gasteiger partial charge in [0.15, 0.2) is 5.13 Å². The zero-order valence-corrected chi connectivity index (χ0v) is 9.12. The number of thiazole rings is 1. The number of aromatic nitrogens is 1. The van der Waals surface area contributed by atoms with Crippen LogP contribution in [0.25, 0.3) is 0 Å². The van der Waals surface area contributed by atoms with Crippen molar-refractivity contribution < 1.29 is 9.90 Å². The number of carboxylic acids is 1. The summed E-state index contributed by atoms with van der Waals surface area (Å²) in [6, 6.07) is 0.0941. The van der Waals surface area contributed by atoms with E-state index < -0.39 is 5.97 Å². The molecule has 80 valence electrons. The van der Waals surface area contributed by atoms with Gasteiger partial charge in [-0.05, 0) is 13.3 Å². The predicted octanol–water partition coefficient (Wildman–Crippen LogP) is 1.89. The molecule has 1 aliphatic carbocycles. The van der Waals surface area contributed by atoms with Crippen molar-refractivity contribution in [2.45, 2.75) is 19.4 Å². The van der Waals surface area contributed by atoms with Crippen molar-refractivity contribution in [3.8, 4) is 0 Å². The molecule has 1 aromatic rings. The Morgan fingerprint density at radius 3 is 3.00 bits per heavy atom. The van der Waals surface area contributed by atoms with Gasteiger partial charge >= 0.3 is 5.97 Å². The molecule has 2 N–H and O–H groups in total. The summed E-state index contributed by atoms with van der Waals surface area (Å²) >= 11 is 1.54. The second-order valence-electron chi connectivity index (χ2n) is 3.61. The van der Waals surface area contributed by atoms with Gasteiger partial charge in [-0.25, -0.2) is 4.98 Å². The number of carbonyl (C=O) groups is 1. The molecule has 0 fully saturated rings. The molecule has 0 amide bonds. The minimum atomic E-state index is -0.758. The van der Waals surface area contributed by atoms with E-state index >= 15 is 0 Å². The molecule has 0 aromatic carbocycles. The van der Waals surface area contributed by atoms with Crippen molar-refractivity contribution in [1.29, 1.82) is 0 Å². The standard InChI is InChI=1S/C10H12N2O2S/c1-6-5-15-10(11-6)12-8-3-2-7(4-8)9(13)14/h2-3,5,7-8H,4H2,1H3,(H,11,12)(H,13,14). The van der Waals surface area contributed by atoms with E-state index in [0.717, 1.165) is 10.8 Å². The molecule has 0 saturated heterocycles. The Labute approximate surface area is 91.7 Å². The van der Waals surface area contributed by atoms with Crippen LogP contribution in [0.4, 0.5) is 5.13 Å². The minimum absolute atomic E-state index is 0.0941. The number of aliphatic carboxylic acids is 1. The van der Waals surface area contributed by atoms with E-state index in [2.05, 4.69) is 10.3 Å². The lowest BCUT2D eigenvalue weighted by molar-refractivity contribution is -0.140. The van der Waals surface area contributed by atoms with Gasteiger partial charge in [0.2, 0.25) is 0 Å². The molecule has 2 rings (SSSR count). The van der Waals surface area contributed by atoms with Gasteiger partial charge in [0, 0.05) is 11.4 Å². The fourth-order valence-corrected chi connectivity index (χ4v) is 2.32. The predicted molar refractivity (Wildman–Crippen MR) is 59.1 cm³/mol. The lowest BCUT2D eigenvalue weighted by Crippen LogP contribution is -2.18. The molecule has 2 unspecified atom stereocenters. The molecule has 15 heavy (non-hydrogen) atoms. The third-order valence-corrected chi connectivity index (χ3v) is 3.22. The van der Waals surface area contributed by atoms with Gasteiger partial charge in [0.05, 0.1) is 11.6 Å². The Balaban J connectivity index is 1.93. The normalized spacial score (nSPS) is 24.3. The summed E-state index contributed by atoms with van der Waals surface area (Å²) in [5.74, 6) is -1.12. The second kappa shape index (κ2) is 4.02. The Morgan fingerprint density at radius 1 is 1.67 bits per heavy atom. The van der Waals surface area contributed by atoms with Crippen molar-refractivity contribution >= 4 is 22.4 Å². The Kier molecular flexibility index (Phi) is 2.73. The molecule has 0 aliphatic heterocycles. The van der Waals surface area contributed by atoms with E-state index in [1.54, 1.807) is 17.4 Å². The van der Waals surface area contributed by atoms with Crippen LogP contribution < -0.4 is 5.32 Å². The quantitative estimate of drug-likeness (QED) is 0.770. The van der Waals surface area contributed by atoms with Crippen molar-refractivity contribution in [3.63, 3.8) is 0 Å². The van der Waals surface area contributed by atoms with Gasteiger partial charge in [-0.3, -0.25) is 4.79 Å². The molecule has 0 radical (unpaired) electrons. The van der Waals surface area contributed by atoms with Gasteiger partial charge in [0.1, 0.15) is 0 Å². The van der Waals surface area contributed by atoms with Crippen LogP contribution in [-0.4, -0.2) is 22.1 Å². The average Bonchev–Trinajstić information content (AvgIpc) is 2.76. The summed E-state index contributed by atoms with van der Waals surface area (Å²) in [7, 11) is 0. The molecule has 2 atom stereocenters. The number of nitrogens with one attached hydrogen (secondary N) is 1. The lowest BCUT2D eigenvalue weighted by atomic mass is 10.1. The van der Waals surface area contributed by atoms with Crippen LogP contribution in [0.5, 0.6) is 0 Å². The third-order valence-electron chi connectivity index (χ3n) is 2.33. The Hall–Kier alpha value is -1.36. The fourth-order valence-electron chi connectivity index (χ4n) is 1.57. The number of rotatable bonds is 3. The molecular formula is C10H12N2O2S. The molecule has 5 heteroatoms. The highest BCUT2D eigenvalue weighted by molar-refractivity contribution is 7.13. The molecule has 0 saturated carbocycles. The maximum Gasteiger partial charge on any atom is 0.310 e. The largest absolute Gasteiger partial charge is 0.481 e. The zero-order chi connectivity index (χ0) is 10.8. The molecule has 1 aliphatic rings. The maximum absolute atomic E-state index is 10.7. The first-order valence-corrected chi connectivity index (χ1v) is 5.63. The molecule has 4 nitrogen and oxygen atoms in total. The number of nitrogens with zero attached hydrogens (tertiary/aromatic N) is 1. The number of hydrogen-bond acceptors (Lipinski definition) is 4. The van der Waals surface area contributed by atoms with Gasteiger partial charge in [-0.15, -0.1) is 11.3 Å². The van der Waals surface area contributed by atoms with Crippen molar-refractivity contribution in [3.05, 3.63) is 23.2 Å². The van der Waals surface area contributed by atoms with Crippen LogP contribution in [0.3, 0.4) is 0 Å². The topological polar surface area (TPSA) is 62.2 Å². The lowest BCUT2D eigenvalue weighted by Gasteiger charge is -2.10. The first kappa shape index (κ1) is 10.2. The Morgan fingerprint density at radius 2 is 2.47 bits per heavy atom. The summed E-state index contributed by atoms with van der Waals surface area (Å²) in [6.07, 6.45) is 4.24. The van der Waals surface area contributed by atoms with Crippen LogP contribution in [-0.2, 0) is 4.79 Å². The number of hydrogen-bond donors (Lipinski definition) is 2. The van der Waals surface area contributed by atoms with Gasteiger partial charge in [-0.2, -0.15) is 0 Å². The first-order valence-electron chi connectivity index (χ1n) is 4.75. The molecule has 1 aromatic heterocycles. The van der Waals surface area contributed by atoms with Crippen LogP contribution in [0, 0.1) is 12.8 Å². The van der Waals surface area contributed by atoms with E-state index in [0.29, 0.717) is 6.42 Å². The molecule has 0 bridgehead atoms. The summed E-state index contributed by atoms with van der Waals surface area (Å²) in [5.41, 5.74) is 0.985. The second-order valence-corrected chi connectivity index (χ2v) is 4.47. The molecular weight excluding hydrogens is 212 g/mol. The Bertz CT molecular complexity index is 400. The van der Waals surface area contributed by atoms with E-state index in [9.17, 15) is 4.79 Å². The highest BCUT2D eigenvalue weighted by Crippen LogP contribution is 2.23. The van der Waals surface area contributed by atoms with E-state index in [1.807, 2.05) is 18.4 Å². The SMILES string of the molecule is Cc1csc(NC2C=CC(C(=O)O)C2)n1. The van der Waals surface area contributed by atoms with Crippen LogP contribution in [0.15, 0.2) is 17.5 Å².